The van der Waals surface area contributed by atoms with Crippen molar-refractivity contribution in [3.8, 4) is 0 Å². The van der Waals surface area contributed by atoms with E-state index in [0.29, 0.717) is 0 Å². The van der Waals surface area contributed by atoms with Crippen molar-refractivity contribution >= 4 is 0 Å². The van der Waals surface area contributed by atoms with Crippen molar-refractivity contribution < 1.29 is 4.74 Å². The van der Waals surface area contributed by atoms with Gasteiger partial charge in [0.2, 0.25) is 0 Å². The SMILES string of the molecule is C1CC(COCC2CC2)CN1. The molecule has 0 spiro atoms. The highest BCUT2D eigenvalue weighted by molar-refractivity contribution is 4.74. The normalized spacial score (nSPS) is 31.1. The van der Waals surface area contributed by atoms with Crippen LogP contribution in [0, 0.1) is 11.8 Å². The topological polar surface area (TPSA) is 21.3 Å². The summed E-state index contributed by atoms with van der Waals surface area (Å²) in [4.78, 5) is 0. The Morgan fingerprint density at radius 2 is 1.91 bits per heavy atom. The lowest BCUT2D eigenvalue weighted by Gasteiger charge is -2.07. The molecular weight excluding hydrogens is 138 g/mol. The van der Waals surface area contributed by atoms with Crippen LogP contribution in [0.2, 0.25) is 0 Å². The number of rotatable bonds is 4. The van der Waals surface area contributed by atoms with Gasteiger partial charge in [0.1, 0.15) is 0 Å². The van der Waals surface area contributed by atoms with Gasteiger partial charge in [-0.25, -0.2) is 0 Å². The number of hydrogen-bond donors (Lipinski definition) is 1. The van der Waals surface area contributed by atoms with Crippen LogP contribution in [0.5, 0.6) is 0 Å². The lowest BCUT2D eigenvalue weighted by Crippen LogP contribution is -2.14. The Morgan fingerprint density at radius 1 is 1.09 bits per heavy atom. The molecular formula is C9H17NO. The first kappa shape index (κ1) is 7.56. The molecule has 1 atom stereocenters. The Labute approximate surface area is 68.3 Å². The number of hydrogen-bond acceptors (Lipinski definition) is 2. The van der Waals surface area contributed by atoms with Gasteiger partial charge in [-0.1, -0.05) is 0 Å². The minimum absolute atomic E-state index is 0.800. The molecule has 2 nitrogen and oxygen atoms in total. The second-order valence-electron chi connectivity index (χ2n) is 3.84. The standard InChI is InChI=1S/C9H17NO/c1-2-8(1)6-11-7-9-3-4-10-5-9/h8-10H,1-7H2. The first-order valence-electron chi connectivity index (χ1n) is 4.73. The first-order valence-corrected chi connectivity index (χ1v) is 4.73. The molecule has 0 radical (unpaired) electrons. The van der Waals surface area contributed by atoms with Gasteiger partial charge in [0.25, 0.3) is 0 Å². The monoisotopic (exact) mass is 155 g/mol. The lowest BCUT2D eigenvalue weighted by atomic mass is 10.1. The molecule has 1 aliphatic carbocycles. The Balaban J connectivity index is 1.51. The molecule has 0 aromatic rings. The third-order valence-electron chi connectivity index (χ3n) is 2.57. The van der Waals surface area contributed by atoms with Crippen LogP contribution in [-0.2, 0) is 4.74 Å². The van der Waals surface area contributed by atoms with Crippen molar-refractivity contribution in [3.05, 3.63) is 0 Å². The van der Waals surface area contributed by atoms with Gasteiger partial charge < -0.3 is 10.1 Å². The van der Waals surface area contributed by atoms with E-state index in [0.717, 1.165) is 25.0 Å². The maximum atomic E-state index is 5.60. The third-order valence-corrected chi connectivity index (χ3v) is 2.57. The highest BCUT2D eigenvalue weighted by Crippen LogP contribution is 2.29. The molecule has 0 bridgehead atoms. The summed E-state index contributed by atoms with van der Waals surface area (Å²) in [5, 5.41) is 3.35. The number of ether oxygens (including phenoxy) is 1. The summed E-state index contributed by atoms with van der Waals surface area (Å²) in [5.74, 6) is 1.72. The molecule has 0 aromatic carbocycles. The fourth-order valence-corrected chi connectivity index (χ4v) is 1.54. The summed E-state index contributed by atoms with van der Waals surface area (Å²) in [6, 6.07) is 0. The predicted molar refractivity (Wildman–Crippen MR) is 44.5 cm³/mol. The van der Waals surface area contributed by atoms with Gasteiger partial charge in [-0.2, -0.15) is 0 Å². The Hall–Kier alpha value is -0.0800. The maximum absolute atomic E-state index is 5.60. The van der Waals surface area contributed by atoms with E-state index in [4.69, 9.17) is 4.74 Å². The van der Waals surface area contributed by atoms with E-state index in [1.165, 1.54) is 32.4 Å². The number of nitrogens with one attached hydrogen (secondary N) is 1. The molecule has 1 N–H and O–H groups in total. The molecule has 11 heavy (non-hydrogen) atoms. The summed E-state index contributed by atoms with van der Waals surface area (Å²) in [5.41, 5.74) is 0. The van der Waals surface area contributed by atoms with Gasteiger partial charge in [-0.15, -0.1) is 0 Å². The lowest BCUT2D eigenvalue weighted by molar-refractivity contribution is 0.0966. The molecule has 2 aliphatic rings. The molecule has 1 saturated heterocycles. The summed E-state index contributed by atoms with van der Waals surface area (Å²) in [6.45, 7) is 4.38. The van der Waals surface area contributed by atoms with Crippen LogP contribution in [0.4, 0.5) is 0 Å². The fraction of sp³-hybridized carbons (Fsp3) is 1.00. The smallest absolute Gasteiger partial charge is 0.0507 e. The van der Waals surface area contributed by atoms with Crippen molar-refractivity contribution in [1.29, 1.82) is 0 Å². The molecule has 2 fully saturated rings. The summed E-state index contributed by atoms with van der Waals surface area (Å²) in [6.07, 6.45) is 4.12. The molecule has 1 unspecified atom stereocenters. The van der Waals surface area contributed by atoms with E-state index in [-0.39, 0.29) is 0 Å². The molecule has 0 amide bonds. The summed E-state index contributed by atoms with van der Waals surface area (Å²) < 4.78 is 5.60. The zero-order valence-corrected chi connectivity index (χ0v) is 7.01. The van der Waals surface area contributed by atoms with Crippen molar-refractivity contribution in [2.75, 3.05) is 26.3 Å². The molecule has 1 heterocycles. The zero-order valence-electron chi connectivity index (χ0n) is 7.01. The molecule has 1 aliphatic heterocycles. The third kappa shape index (κ3) is 2.46. The average Bonchev–Trinajstić information content (AvgIpc) is 2.66. The van der Waals surface area contributed by atoms with Crippen LogP contribution < -0.4 is 5.32 Å². The van der Waals surface area contributed by atoms with E-state index in [1.807, 2.05) is 0 Å². The maximum Gasteiger partial charge on any atom is 0.0507 e. The zero-order chi connectivity index (χ0) is 7.52. The van der Waals surface area contributed by atoms with Crippen LogP contribution in [0.1, 0.15) is 19.3 Å². The van der Waals surface area contributed by atoms with Crippen LogP contribution in [-0.4, -0.2) is 26.3 Å². The van der Waals surface area contributed by atoms with Gasteiger partial charge in [-0.3, -0.25) is 0 Å². The summed E-state index contributed by atoms with van der Waals surface area (Å²) in [7, 11) is 0. The van der Waals surface area contributed by atoms with Crippen molar-refractivity contribution in [2.45, 2.75) is 19.3 Å². The fourth-order valence-electron chi connectivity index (χ4n) is 1.54. The highest BCUT2D eigenvalue weighted by Gasteiger charge is 2.22. The molecule has 0 aromatic heterocycles. The van der Waals surface area contributed by atoms with E-state index in [9.17, 15) is 0 Å². The van der Waals surface area contributed by atoms with Crippen LogP contribution in [0.25, 0.3) is 0 Å². The first-order chi connectivity index (χ1) is 5.45. The van der Waals surface area contributed by atoms with Crippen molar-refractivity contribution in [1.82, 2.24) is 5.32 Å². The van der Waals surface area contributed by atoms with E-state index < -0.39 is 0 Å². The minimum atomic E-state index is 0.800. The van der Waals surface area contributed by atoms with E-state index in [1.54, 1.807) is 0 Å². The molecule has 2 rings (SSSR count). The van der Waals surface area contributed by atoms with Crippen molar-refractivity contribution in [3.63, 3.8) is 0 Å². The largest absolute Gasteiger partial charge is 0.381 e. The summed E-state index contributed by atoms with van der Waals surface area (Å²) >= 11 is 0. The second kappa shape index (κ2) is 3.55. The van der Waals surface area contributed by atoms with Crippen LogP contribution in [0.15, 0.2) is 0 Å². The minimum Gasteiger partial charge on any atom is -0.381 e. The van der Waals surface area contributed by atoms with Crippen LogP contribution >= 0.6 is 0 Å². The average molecular weight is 155 g/mol. The Morgan fingerprint density at radius 3 is 2.55 bits per heavy atom. The van der Waals surface area contributed by atoms with E-state index in [2.05, 4.69) is 5.32 Å². The Kier molecular flexibility index (Phi) is 2.44. The van der Waals surface area contributed by atoms with Crippen molar-refractivity contribution in [2.24, 2.45) is 11.8 Å². The van der Waals surface area contributed by atoms with Crippen LogP contribution in [0.3, 0.4) is 0 Å². The highest BCUT2D eigenvalue weighted by atomic mass is 16.5. The van der Waals surface area contributed by atoms with Gasteiger partial charge in [-0.05, 0) is 37.6 Å². The molecule has 64 valence electrons. The molecule has 2 heteroatoms. The van der Waals surface area contributed by atoms with Gasteiger partial charge in [0.15, 0.2) is 0 Å². The Bertz CT molecular complexity index is 117. The quantitative estimate of drug-likeness (QED) is 0.654. The predicted octanol–water partition coefficient (Wildman–Crippen LogP) is 1.02. The second-order valence-corrected chi connectivity index (χ2v) is 3.84. The van der Waals surface area contributed by atoms with Gasteiger partial charge in [0.05, 0.1) is 6.61 Å². The van der Waals surface area contributed by atoms with E-state index >= 15 is 0 Å². The van der Waals surface area contributed by atoms with Gasteiger partial charge >= 0.3 is 0 Å². The van der Waals surface area contributed by atoms with Gasteiger partial charge in [0, 0.05) is 13.2 Å². The molecule has 1 saturated carbocycles.